The summed E-state index contributed by atoms with van der Waals surface area (Å²) in [6.45, 7) is 2.95. The quantitative estimate of drug-likeness (QED) is 0.0204. The van der Waals surface area contributed by atoms with Gasteiger partial charge in [-0.3, -0.25) is 4.79 Å². The Morgan fingerprint density at radius 1 is 0.354 bits per heavy atom. The van der Waals surface area contributed by atoms with Gasteiger partial charge in [-0.15, -0.1) is 0 Å². The van der Waals surface area contributed by atoms with E-state index in [1.807, 2.05) is 0 Å². The Morgan fingerprint density at radius 3 is 0.960 bits per heavy atom. The lowest BCUT2D eigenvalue weighted by Gasteiger charge is -2.46. The first kappa shape index (κ1) is 93.8. The minimum Gasteiger partial charge on any atom is -0.394 e. The van der Waals surface area contributed by atoms with Gasteiger partial charge in [0.05, 0.1) is 32.0 Å². The summed E-state index contributed by atoms with van der Waals surface area (Å²) in [5.74, 6) is -0.195. The van der Waals surface area contributed by atoms with Crippen molar-refractivity contribution in [3.05, 3.63) is 12.2 Å². The molecule has 2 heterocycles. The first-order chi connectivity index (χ1) is 48.6. The molecule has 2 fully saturated rings. The fraction of sp³-hybridized carbons (Fsp3) is 0.965. The number of allylic oxidation sites excluding steroid dienone is 2. The number of amides is 1. The van der Waals surface area contributed by atoms with Gasteiger partial charge in [0.25, 0.3) is 0 Å². The molecular formula is C85H165NO13. The van der Waals surface area contributed by atoms with Crippen LogP contribution in [-0.2, 0) is 23.7 Å². The number of ether oxygens (including phenoxy) is 4. The summed E-state index contributed by atoms with van der Waals surface area (Å²) in [5, 5.41) is 88.0. The van der Waals surface area contributed by atoms with Gasteiger partial charge in [-0.25, -0.2) is 0 Å². The molecule has 12 unspecified atom stereocenters. The molecule has 14 heteroatoms. The summed E-state index contributed by atoms with van der Waals surface area (Å²) in [4.78, 5) is 13.4. The molecule has 0 aromatic carbocycles. The lowest BCUT2D eigenvalue weighted by molar-refractivity contribution is -0.359. The maximum Gasteiger partial charge on any atom is 0.220 e. The van der Waals surface area contributed by atoms with Crippen LogP contribution in [0.5, 0.6) is 0 Å². The van der Waals surface area contributed by atoms with E-state index >= 15 is 0 Å². The lowest BCUT2D eigenvalue weighted by atomic mass is 9.97. The summed E-state index contributed by atoms with van der Waals surface area (Å²) in [5.41, 5.74) is 0. The topological polar surface area (TPSA) is 228 Å². The molecule has 0 spiro atoms. The van der Waals surface area contributed by atoms with Crippen LogP contribution in [0.25, 0.3) is 0 Å². The van der Waals surface area contributed by atoms with Crippen molar-refractivity contribution in [2.24, 2.45) is 0 Å². The van der Waals surface area contributed by atoms with Crippen LogP contribution < -0.4 is 5.32 Å². The fourth-order valence-electron chi connectivity index (χ4n) is 14.9. The van der Waals surface area contributed by atoms with Gasteiger partial charge in [0.1, 0.15) is 48.8 Å². The minimum atomic E-state index is -1.78. The summed E-state index contributed by atoms with van der Waals surface area (Å²) >= 11 is 0. The summed E-state index contributed by atoms with van der Waals surface area (Å²) in [7, 11) is 0. The van der Waals surface area contributed by atoms with Crippen LogP contribution in [-0.4, -0.2) is 140 Å². The van der Waals surface area contributed by atoms with Crippen LogP contribution in [0.15, 0.2) is 12.2 Å². The highest BCUT2D eigenvalue weighted by atomic mass is 16.7. The van der Waals surface area contributed by atoms with Gasteiger partial charge in [0.2, 0.25) is 5.91 Å². The van der Waals surface area contributed by atoms with E-state index in [0.29, 0.717) is 12.8 Å². The number of carbonyl (C=O) groups is 1. The molecule has 2 aliphatic rings. The third-order valence-electron chi connectivity index (χ3n) is 21.7. The zero-order chi connectivity index (χ0) is 71.5. The van der Waals surface area contributed by atoms with Crippen molar-refractivity contribution < 1.29 is 64.6 Å². The largest absolute Gasteiger partial charge is 0.394 e. The minimum absolute atomic E-state index is 0.195. The smallest absolute Gasteiger partial charge is 0.220 e. The van der Waals surface area contributed by atoms with Gasteiger partial charge < -0.3 is 65.1 Å². The number of aliphatic hydroxyl groups is 8. The summed E-state index contributed by atoms with van der Waals surface area (Å²) in [6.07, 6.45) is 72.8. The van der Waals surface area contributed by atoms with E-state index < -0.39 is 86.8 Å². The normalized spacial score (nSPS) is 21.9. The Balaban J connectivity index is 1.55. The van der Waals surface area contributed by atoms with Crippen LogP contribution in [0.4, 0.5) is 0 Å². The molecule has 9 N–H and O–H groups in total. The molecule has 2 saturated heterocycles. The second-order valence-corrected chi connectivity index (χ2v) is 31.0. The zero-order valence-electron chi connectivity index (χ0n) is 64.8. The van der Waals surface area contributed by atoms with Crippen molar-refractivity contribution in [2.45, 2.75) is 505 Å². The highest BCUT2D eigenvalue weighted by Gasteiger charge is 2.51. The maximum atomic E-state index is 13.4. The highest BCUT2D eigenvalue weighted by Crippen LogP contribution is 2.31. The second-order valence-electron chi connectivity index (χ2n) is 31.0. The molecule has 0 radical (unpaired) electrons. The lowest BCUT2D eigenvalue weighted by Crippen LogP contribution is -2.65. The van der Waals surface area contributed by atoms with Crippen LogP contribution >= 0.6 is 0 Å². The molecule has 12 atom stereocenters. The van der Waals surface area contributed by atoms with Crippen molar-refractivity contribution in [3.8, 4) is 0 Å². The van der Waals surface area contributed by atoms with Crippen LogP contribution in [0.2, 0.25) is 0 Å². The number of aliphatic hydroxyl groups excluding tert-OH is 8. The molecule has 1 amide bonds. The molecule has 0 aromatic heterocycles. The van der Waals surface area contributed by atoms with E-state index in [-0.39, 0.29) is 12.5 Å². The maximum absolute atomic E-state index is 13.4. The predicted octanol–water partition coefficient (Wildman–Crippen LogP) is 20.4. The van der Waals surface area contributed by atoms with E-state index in [4.69, 9.17) is 18.9 Å². The average Bonchev–Trinajstić information content (AvgIpc) is 0.794. The van der Waals surface area contributed by atoms with E-state index in [1.165, 1.54) is 353 Å². The highest BCUT2D eigenvalue weighted by molar-refractivity contribution is 5.76. The zero-order valence-corrected chi connectivity index (χ0v) is 64.8. The van der Waals surface area contributed by atoms with Crippen LogP contribution in [0, 0.1) is 0 Å². The summed E-state index contributed by atoms with van der Waals surface area (Å²) in [6, 6.07) is -0.827. The Kier molecular flexibility index (Phi) is 66.1. The number of nitrogens with one attached hydrogen (secondary N) is 1. The fourth-order valence-corrected chi connectivity index (χ4v) is 14.9. The number of hydrogen-bond donors (Lipinski definition) is 9. The second kappa shape index (κ2) is 69.8. The SMILES string of the molecule is CCCCCCCCCC/C=C\CCCCCCCCCCCCCCCCCCCCCCCCCCCCCC(=O)NC(COC1OC(CO)C(OC2OC(CO)C(O)C(O)C2O)C(O)C1O)C(O)CCCCCCCCCCCCCCCCCCCCCCCCCCCC. The van der Waals surface area contributed by atoms with E-state index in [0.717, 1.165) is 51.4 Å². The predicted molar refractivity (Wildman–Crippen MR) is 411 cm³/mol. The Morgan fingerprint density at radius 2 is 0.636 bits per heavy atom. The van der Waals surface area contributed by atoms with Crippen molar-refractivity contribution in [1.82, 2.24) is 5.32 Å². The monoisotopic (exact) mass is 1410 g/mol. The first-order valence-corrected chi connectivity index (χ1v) is 43.4. The van der Waals surface area contributed by atoms with Crippen LogP contribution in [0.3, 0.4) is 0 Å². The average molecular weight is 1410 g/mol. The number of carbonyl (C=O) groups excluding carboxylic acids is 1. The Hall–Kier alpha value is -1.27. The first-order valence-electron chi connectivity index (χ1n) is 43.4. The molecule has 0 saturated carbocycles. The third-order valence-corrected chi connectivity index (χ3v) is 21.7. The van der Waals surface area contributed by atoms with Gasteiger partial charge >= 0.3 is 0 Å². The molecule has 14 nitrogen and oxygen atoms in total. The molecule has 588 valence electrons. The van der Waals surface area contributed by atoms with Crippen molar-refractivity contribution >= 4 is 5.91 Å². The molecular weight excluding hydrogens is 1240 g/mol. The van der Waals surface area contributed by atoms with E-state index in [2.05, 4.69) is 31.3 Å². The number of unbranched alkanes of at least 4 members (excludes halogenated alkanes) is 60. The van der Waals surface area contributed by atoms with Gasteiger partial charge in [0.15, 0.2) is 12.6 Å². The molecule has 2 rings (SSSR count). The number of hydrogen-bond acceptors (Lipinski definition) is 13. The van der Waals surface area contributed by atoms with Crippen LogP contribution in [0.1, 0.15) is 431 Å². The standard InChI is InChI=1S/C85H165NO13/c1-3-5-7-9-11-13-15-17-19-21-23-25-27-29-31-32-33-34-35-36-37-38-39-40-41-42-43-45-47-49-51-53-55-57-59-61-63-65-67-69-77(90)86-73(72-96-84-82(95)80(93)83(76(71-88)98-84)99-85-81(94)79(92)78(91)75(70-87)97-85)74(89)68-66-64-62-60-58-56-54-52-50-48-46-44-30-28-26-24-22-20-18-16-14-12-10-8-6-4-2/h21,23,73-76,78-85,87-89,91-95H,3-20,22,24-72H2,1-2H3,(H,86,90)/b23-21-. The van der Waals surface area contributed by atoms with Gasteiger partial charge in [-0.2, -0.15) is 0 Å². The van der Waals surface area contributed by atoms with Crippen molar-refractivity contribution in [1.29, 1.82) is 0 Å². The van der Waals surface area contributed by atoms with E-state index in [1.54, 1.807) is 0 Å². The molecule has 2 aliphatic heterocycles. The molecule has 99 heavy (non-hydrogen) atoms. The van der Waals surface area contributed by atoms with Gasteiger partial charge in [-0.1, -0.05) is 398 Å². The molecule has 0 aromatic rings. The molecule has 0 aliphatic carbocycles. The Labute approximate surface area is 609 Å². The Bertz CT molecular complexity index is 1710. The van der Waals surface area contributed by atoms with Gasteiger partial charge in [0, 0.05) is 6.42 Å². The third kappa shape index (κ3) is 52.4. The number of rotatable bonds is 75. The summed E-state index contributed by atoms with van der Waals surface area (Å²) < 4.78 is 23.0. The molecule has 0 bridgehead atoms. The van der Waals surface area contributed by atoms with E-state index in [9.17, 15) is 45.6 Å². The van der Waals surface area contributed by atoms with Crippen molar-refractivity contribution in [3.63, 3.8) is 0 Å². The van der Waals surface area contributed by atoms with Crippen molar-refractivity contribution in [2.75, 3.05) is 19.8 Å². The van der Waals surface area contributed by atoms with Gasteiger partial charge in [-0.05, 0) is 38.5 Å².